The second kappa shape index (κ2) is 7.61. The van der Waals surface area contributed by atoms with E-state index in [0.717, 1.165) is 42.5 Å². The zero-order valence-corrected chi connectivity index (χ0v) is 15.4. The fraction of sp³-hybridized carbons (Fsp3) is 0.812. The van der Waals surface area contributed by atoms with Gasteiger partial charge in [-0.2, -0.15) is 5.10 Å². The van der Waals surface area contributed by atoms with Crippen LogP contribution in [0, 0.1) is 6.92 Å². The number of likely N-dealkylation sites (N-methyl/N-ethyl adjacent to an activating group) is 2. The highest BCUT2D eigenvalue weighted by Crippen LogP contribution is 2.26. The van der Waals surface area contributed by atoms with E-state index in [9.17, 15) is 0 Å². The average Bonchev–Trinajstić information content (AvgIpc) is 2.65. The Morgan fingerprint density at radius 3 is 2.24 bits per heavy atom. The number of hydrogen-bond acceptors (Lipinski definition) is 3. The van der Waals surface area contributed by atoms with E-state index >= 15 is 0 Å². The van der Waals surface area contributed by atoms with Crippen molar-refractivity contribution in [3.8, 4) is 0 Å². The van der Waals surface area contributed by atoms with Gasteiger partial charge in [0, 0.05) is 24.2 Å². The van der Waals surface area contributed by atoms with Crippen molar-refractivity contribution >= 4 is 11.6 Å². The highest BCUT2D eigenvalue weighted by atomic mass is 35.5. The van der Waals surface area contributed by atoms with Gasteiger partial charge in [-0.1, -0.05) is 32.4 Å². The van der Waals surface area contributed by atoms with Gasteiger partial charge in [0.1, 0.15) is 5.15 Å². The first kappa shape index (κ1) is 18.5. The fourth-order valence-electron chi connectivity index (χ4n) is 3.19. The zero-order chi connectivity index (χ0) is 16.2. The monoisotopic (exact) mass is 314 g/mol. The molecule has 1 heterocycles. The van der Waals surface area contributed by atoms with Crippen LogP contribution in [0.3, 0.4) is 0 Å². The highest BCUT2D eigenvalue weighted by molar-refractivity contribution is 6.30. The molecule has 0 radical (unpaired) electrons. The van der Waals surface area contributed by atoms with Crippen molar-refractivity contribution in [2.45, 2.75) is 59.5 Å². The molecular formula is C16H31ClN4. The summed E-state index contributed by atoms with van der Waals surface area (Å²) in [6, 6.07) is 0.336. The van der Waals surface area contributed by atoms with Crippen LogP contribution in [0.2, 0.25) is 5.15 Å². The summed E-state index contributed by atoms with van der Waals surface area (Å²) in [5, 5.41) is 8.84. The first-order chi connectivity index (χ1) is 9.79. The molecule has 0 aliphatic heterocycles. The van der Waals surface area contributed by atoms with Crippen LogP contribution in [0.4, 0.5) is 0 Å². The van der Waals surface area contributed by atoms with E-state index in [2.05, 4.69) is 49.9 Å². The Kier molecular flexibility index (Phi) is 6.70. The van der Waals surface area contributed by atoms with Crippen molar-refractivity contribution in [1.29, 1.82) is 0 Å². The van der Waals surface area contributed by atoms with E-state index in [4.69, 9.17) is 11.6 Å². The molecule has 1 N–H and O–H groups in total. The lowest BCUT2D eigenvalue weighted by molar-refractivity contribution is 0.0917. The lowest BCUT2D eigenvalue weighted by Crippen LogP contribution is -2.58. The van der Waals surface area contributed by atoms with E-state index in [0.29, 0.717) is 6.04 Å². The average molecular weight is 315 g/mol. The van der Waals surface area contributed by atoms with Gasteiger partial charge in [0.25, 0.3) is 0 Å². The lowest BCUT2D eigenvalue weighted by Gasteiger charge is -2.44. The summed E-state index contributed by atoms with van der Waals surface area (Å²) in [5.41, 5.74) is 2.25. The summed E-state index contributed by atoms with van der Waals surface area (Å²) in [4.78, 5) is 2.50. The van der Waals surface area contributed by atoms with Crippen molar-refractivity contribution in [1.82, 2.24) is 20.0 Å². The van der Waals surface area contributed by atoms with Gasteiger partial charge in [0.15, 0.2) is 0 Å². The van der Waals surface area contributed by atoms with Gasteiger partial charge in [-0.15, -0.1) is 0 Å². The van der Waals surface area contributed by atoms with Crippen LogP contribution in [0.5, 0.6) is 0 Å². The molecule has 5 heteroatoms. The molecular weight excluding hydrogens is 284 g/mol. The molecule has 0 amide bonds. The predicted octanol–water partition coefficient (Wildman–Crippen LogP) is 3.02. The molecule has 1 unspecified atom stereocenters. The van der Waals surface area contributed by atoms with Crippen molar-refractivity contribution < 1.29 is 0 Å². The number of nitrogens with zero attached hydrogens (tertiary/aromatic N) is 3. The SMILES string of the molecule is CCNC(Cc1c(C)nn(C)c1Cl)C(C)(C)N(CC)CC. The van der Waals surface area contributed by atoms with Gasteiger partial charge in [0.05, 0.1) is 5.69 Å². The Morgan fingerprint density at radius 2 is 1.86 bits per heavy atom. The molecule has 21 heavy (non-hydrogen) atoms. The van der Waals surface area contributed by atoms with Crippen LogP contribution in [0.15, 0.2) is 0 Å². The van der Waals surface area contributed by atoms with Gasteiger partial charge in [-0.25, -0.2) is 0 Å². The van der Waals surface area contributed by atoms with E-state index in [-0.39, 0.29) is 5.54 Å². The number of aromatic nitrogens is 2. The van der Waals surface area contributed by atoms with Crippen molar-refractivity contribution in [2.24, 2.45) is 7.05 Å². The van der Waals surface area contributed by atoms with Gasteiger partial charge < -0.3 is 5.32 Å². The third-order valence-corrected chi connectivity index (χ3v) is 5.03. The minimum absolute atomic E-state index is 0.0606. The molecule has 122 valence electrons. The van der Waals surface area contributed by atoms with E-state index in [1.165, 1.54) is 0 Å². The summed E-state index contributed by atoms with van der Waals surface area (Å²) < 4.78 is 1.76. The third-order valence-electron chi connectivity index (χ3n) is 4.56. The number of hydrogen-bond donors (Lipinski definition) is 1. The topological polar surface area (TPSA) is 33.1 Å². The molecule has 1 atom stereocenters. The molecule has 0 saturated heterocycles. The Labute approximate surface area is 134 Å². The highest BCUT2D eigenvalue weighted by Gasteiger charge is 2.34. The van der Waals surface area contributed by atoms with Crippen LogP contribution >= 0.6 is 11.6 Å². The molecule has 0 aliphatic carbocycles. The standard InChI is InChI=1S/C16H31ClN4/c1-8-18-14(16(5,6)21(9-2)10-3)11-13-12(4)19-20(7)15(13)17/h14,18H,8-11H2,1-7H3. The van der Waals surface area contributed by atoms with Crippen LogP contribution in [-0.2, 0) is 13.5 Å². The predicted molar refractivity (Wildman–Crippen MR) is 91.1 cm³/mol. The smallest absolute Gasteiger partial charge is 0.130 e. The summed E-state index contributed by atoms with van der Waals surface area (Å²) >= 11 is 6.41. The van der Waals surface area contributed by atoms with Crippen LogP contribution in [0.1, 0.15) is 45.9 Å². The summed E-state index contributed by atoms with van der Waals surface area (Å²) in [7, 11) is 1.90. The zero-order valence-electron chi connectivity index (χ0n) is 14.6. The first-order valence-electron chi connectivity index (χ1n) is 7.95. The molecule has 1 rings (SSSR count). The van der Waals surface area contributed by atoms with Gasteiger partial charge >= 0.3 is 0 Å². The molecule has 4 nitrogen and oxygen atoms in total. The number of rotatable bonds is 8. The van der Waals surface area contributed by atoms with Crippen LogP contribution in [0.25, 0.3) is 0 Å². The quantitative estimate of drug-likeness (QED) is 0.800. The Hall–Kier alpha value is -0.580. The fourth-order valence-corrected chi connectivity index (χ4v) is 3.44. The van der Waals surface area contributed by atoms with Crippen molar-refractivity contribution in [2.75, 3.05) is 19.6 Å². The molecule has 0 fully saturated rings. The second-order valence-electron chi connectivity index (χ2n) is 6.12. The summed E-state index contributed by atoms with van der Waals surface area (Å²) in [6.07, 6.45) is 0.899. The molecule has 0 bridgehead atoms. The van der Waals surface area contributed by atoms with E-state index in [1.807, 2.05) is 14.0 Å². The van der Waals surface area contributed by atoms with Gasteiger partial charge in [-0.05, 0) is 46.8 Å². The Bertz CT molecular complexity index is 449. The molecule has 0 saturated carbocycles. The molecule has 0 spiro atoms. The first-order valence-corrected chi connectivity index (χ1v) is 8.33. The van der Waals surface area contributed by atoms with Gasteiger partial charge in [0.2, 0.25) is 0 Å². The largest absolute Gasteiger partial charge is 0.312 e. The van der Waals surface area contributed by atoms with Gasteiger partial charge in [-0.3, -0.25) is 9.58 Å². The third kappa shape index (κ3) is 3.99. The number of halogens is 1. The number of nitrogens with one attached hydrogen (secondary N) is 1. The normalized spacial score (nSPS) is 14.0. The van der Waals surface area contributed by atoms with Crippen LogP contribution < -0.4 is 5.32 Å². The molecule has 1 aromatic heterocycles. The Morgan fingerprint density at radius 1 is 1.29 bits per heavy atom. The lowest BCUT2D eigenvalue weighted by atomic mass is 9.87. The number of aryl methyl sites for hydroxylation is 2. The second-order valence-corrected chi connectivity index (χ2v) is 6.48. The van der Waals surface area contributed by atoms with Crippen molar-refractivity contribution in [3.63, 3.8) is 0 Å². The van der Waals surface area contributed by atoms with E-state index in [1.54, 1.807) is 4.68 Å². The van der Waals surface area contributed by atoms with Crippen LogP contribution in [-0.4, -0.2) is 45.9 Å². The van der Waals surface area contributed by atoms with Crippen molar-refractivity contribution in [3.05, 3.63) is 16.4 Å². The summed E-state index contributed by atoms with van der Waals surface area (Å²) in [6.45, 7) is 16.3. The summed E-state index contributed by atoms with van der Waals surface area (Å²) in [5.74, 6) is 0. The Balaban J connectivity index is 3.06. The molecule has 0 aromatic carbocycles. The molecule has 1 aromatic rings. The molecule has 0 aliphatic rings. The van der Waals surface area contributed by atoms with E-state index < -0.39 is 0 Å². The minimum Gasteiger partial charge on any atom is -0.312 e. The minimum atomic E-state index is 0.0606. The maximum Gasteiger partial charge on any atom is 0.130 e. The maximum absolute atomic E-state index is 6.41. The maximum atomic E-state index is 6.41.